The summed E-state index contributed by atoms with van der Waals surface area (Å²) in [6.45, 7) is 5.35. The molecule has 2 rings (SSSR count). The van der Waals surface area contributed by atoms with Gasteiger partial charge in [-0.1, -0.05) is 0 Å². The quantitative estimate of drug-likeness (QED) is 0.847. The van der Waals surface area contributed by atoms with Gasteiger partial charge in [-0.25, -0.2) is 4.68 Å². The van der Waals surface area contributed by atoms with Crippen LogP contribution < -0.4 is 5.32 Å². The van der Waals surface area contributed by atoms with Crippen LogP contribution in [0, 0.1) is 13.8 Å². The minimum atomic E-state index is 0.0931. The molecule has 5 nitrogen and oxygen atoms in total. The maximum atomic E-state index is 9.00. The molecule has 2 aromatic heterocycles. The Balaban J connectivity index is 2.13. The second kappa shape index (κ2) is 5.29. The van der Waals surface area contributed by atoms with Gasteiger partial charge in [0.2, 0.25) is 0 Å². The van der Waals surface area contributed by atoms with Gasteiger partial charge in [0, 0.05) is 16.6 Å². The molecular formula is C11H16N4OS. The summed E-state index contributed by atoms with van der Waals surface area (Å²) in [6, 6.07) is 0. The maximum absolute atomic E-state index is 9.00. The van der Waals surface area contributed by atoms with Gasteiger partial charge in [0.05, 0.1) is 30.9 Å². The molecule has 0 saturated heterocycles. The Morgan fingerprint density at radius 3 is 2.94 bits per heavy atom. The van der Waals surface area contributed by atoms with Crippen LogP contribution in [0.3, 0.4) is 0 Å². The van der Waals surface area contributed by atoms with Gasteiger partial charge in [-0.05, 0) is 13.8 Å². The summed E-state index contributed by atoms with van der Waals surface area (Å²) in [5, 5.41) is 16.7. The molecule has 0 saturated carbocycles. The van der Waals surface area contributed by atoms with E-state index in [1.807, 2.05) is 30.2 Å². The van der Waals surface area contributed by atoms with E-state index in [0.717, 1.165) is 23.6 Å². The number of aliphatic hydroxyl groups excluding tert-OH is 1. The molecule has 0 aromatic carbocycles. The van der Waals surface area contributed by atoms with E-state index < -0.39 is 0 Å². The van der Waals surface area contributed by atoms with E-state index in [0.29, 0.717) is 6.54 Å². The highest BCUT2D eigenvalue weighted by Crippen LogP contribution is 2.19. The number of thiazole rings is 1. The fourth-order valence-electron chi connectivity index (χ4n) is 1.65. The number of hydrogen-bond donors (Lipinski definition) is 2. The lowest BCUT2D eigenvalue weighted by Crippen LogP contribution is -2.10. The van der Waals surface area contributed by atoms with E-state index in [2.05, 4.69) is 15.4 Å². The van der Waals surface area contributed by atoms with Gasteiger partial charge in [0.25, 0.3) is 0 Å². The van der Waals surface area contributed by atoms with Crippen molar-refractivity contribution in [3.8, 4) is 0 Å². The van der Waals surface area contributed by atoms with Crippen molar-refractivity contribution >= 4 is 17.2 Å². The lowest BCUT2D eigenvalue weighted by molar-refractivity contribution is 0.270. The zero-order valence-electron chi connectivity index (χ0n) is 9.97. The highest BCUT2D eigenvalue weighted by atomic mass is 32.1. The first-order chi connectivity index (χ1) is 8.22. The zero-order chi connectivity index (χ0) is 12.3. The molecule has 0 aliphatic heterocycles. The van der Waals surface area contributed by atoms with Crippen LogP contribution >= 0.6 is 11.3 Å². The van der Waals surface area contributed by atoms with Crippen LogP contribution in [0.5, 0.6) is 0 Å². The Kier molecular flexibility index (Phi) is 3.75. The third-order valence-corrected chi connectivity index (χ3v) is 3.43. The molecule has 17 heavy (non-hydrogen) atoms. The summed E-state index contributed by atoms with van der Waals surface area (Å²) >= 11 is 1.62. The zero-order valence-corrected chi connectivity index (χ0v) is 10.8. The molecule has 0 fully saturated rings. The van der Waals surface area contributed by atoms with Crippen molar-refractivity contribution in [3.05, 3.63) is 27.8 Å². The van der Waals surface area contributed by atoms with Crippen molar-refractivity contribution in [1.29, 1.82) is 0 Å². The second-order valence-corrected chi connectivity index (χ2v) is 4.80. The van der Waals surface area contributed by atoms with Gasteiger partial charge in [0.15, 0.2) is 0 Å². The SMILES string of the molecule is Cc1nn(CCO)c(NCc2cncs2)c1C. The summed E-state index contributed by atoms with van der Waals surface area (Å²) in [5.74, 6) is 0.977. The molecule has 0 unspecified atom stereocenters. The molecule has 0 aliphatic rings. The first kappa shape index (κ1) is 12.1. The number of nitrogens with zero attached hydrogens (tertiary/aromatic N) is 3. The molecule has 0 atom stereocenters. The normalized spacial score (nSPS) is 10.8. The third kappa shape index (κ3) is 2.65. The van der Waals surface area contributed by atoms with Crippen LogP contribution in [0.4, 0.5) is 5.82 Å². The first-order valence-electron chi connectivity index (χ1n) is 5.48. The van der Waals surface area contributed by atoms with E-state index in [1.165, 1.54) is 4.88 Å². The predicted octanol–water partition coefficient (Wildman–Crippen LogP) is 1.56. The Bertz CT molecular complexity index is 478. The molecule has 0 aliphatic carbocycles. The molecule has 6 heteroatoms. The van der Waals surface area contributed by atoms with Crippen LogP contribution in [0.25, 0.3) is 0 Å². The Morgan fingerprint density at radius 1 is 1.47 bits per heavy atom. The summed E-state index contributed by atoms with van der Waals surface area (Å²) in [5.41, 5.74) is 3.94. The smallest absolute Gasteiger partial charge is 0.127 e. The fraction of sp³-hybridized carbons (Fsp3) is 0.455. The highest BCUT2D eigenvalue weighted by molar-refractivity contribution is 7.09. The molecule has 0 bridgehead atoms. The van der Waals surface area contributed by atoms with E-state index in [9.17, 15) is 0 Å². The number of hydrogen-bond acceptors (Lipinski definition) is 5. The van der Waals surface area contributed by atoms with Gasteiger partial charge in [-0.2, -0.15) is 5.10 Å². The van der Waals surface area contributed by atoms with Crippen LogP contribution in [-0.2, 0) is 13.1 Å². The molecule has 0 amide bonds. The lowest BCUT2D eigenvalue weighted by Gasteiger charge is -2.08. The van der Waals surface area contributed by atoms with Crippen LogP contribution in [0.15, 0.2) is 11.7 Å². The van der Waals surface area contributed by atoms with Crippen LogP contribution in [0.1, 0.15) is 16.1 Å². The predicted molar refractivity (Wildman–Crippen MR) is 68.2 cm³/mol. The van der Waals surface area contributed by atoms with Crippen molar-refractivity contribution in [2.45, 2.75) is 26.9 Å². The minimum Gasteiger partial charge on any atom is -0.394 e. The van der Waals surface area contributed by atoms with Crippen LogP contribution in [0.2, 0.25) is 0 Å². The van der Waals surface area contributed by atoms with E-state index in [-0.39, 0.29) is 6.61 Å². The van der Waals surface area contributed by atoms with E-state index in [1.54, 1.807) is 11.3 Å². The van der Waals surface area contributed by atoms with Crippen molar-refractivity contribution in [2.75, 3.05) is 11.9 Å². The summed E-state index contributed by atoms with van der Waals surface area (Å²) in [6.07, 6.45) is 1.85. The molecule has 2 heterocycles. The first-order valence-corrected chi connectivity index (χ1v) is 6.36. The van der Waals surface area contributed by atoms with Gasteiger partial charge in [0.1, 0.15) is 5.82 Å². The molecule has 2 aromatic rings. The van der Waals surface area contributed by atoms with Crippen molar-refractivity contribution in [2.24, 2.45) is 0 Å². The number of aromatic nitrogens is 3. The monoisotopic (exact) mass is 252 g/mol. The Hall–Kier alpha value is -1.40. The Morgan fingerprint density at radius 2 is 2.29 bits per heavy atom. The van der Waals surface area contributed by atoms with Crippen molar-refractivity contribution in [3.63, 3.8) is 0 Å². The van der Waals surface area contributed by atoms with Gasteiger partial charge < -0.3 is 10.4 Å². The number of nitrogens with one attached hydrogen (secondary N) is 1. The molecule has 92 valence electrons. The van der Waals surface area contributed by atoms with Crippen molar-refractivity contribution in [1.82, 2.24) is 14.8 Å². The third-order valence-electron chi connectivity index (χ3n) is 2.65. The number of rotatable bonds is 5. The molecule has 2 N–H and O–H groups in total. The van der Waals surface area contributed by atoms with Crippen molar-refractivity contribution < 1.29 is 5.11 Å². The van der Waals surface area contributed by atoms with Gasteiger partial charge in [-0.3, -0.25) is 4.98 Å². The van der Waals surface area contributed by atoms with Gasteiger partial charge >= 0.3 is 0 Å². The van der Waals surface area contributed by atoms with E-state index in [4.69, 9.17) is 5.11 Å². The Labute approximate surface area is 104 Å². The maximum Gasteiger partial charge on any atom is 0.127 e. The minimum absolute atomic E-state index is 0.0931. The number of aryl methyl sites for hydroxylation is 1. The standard InChI is InChI=1S/C11H16N4OS/c1-8-9(2)14-15(3-4-16)11(8)13-6-10-5-12-7-17-10/h5,7,13,16H,3-4,6H2,1-2H3. The van der Waals surface area contributed by atoms with Gasteiger partial charge in [-0.15, -0.1) is 11.3 Å². The molecule has 0 spiro atoms. The van der Waals surface area contributed by atoms with E-state index >= 15 is 0 Å². The summed E-state index contributed by atoms with van der Waals surface area (Å²) in [7, 11) is 0. The molecule has 0 radical (unpaired) electrons. The average Bonchev–Trinajstić information content (AvgIpc) is 2.89. The average molecular weight is 252 g/mol. The summed E-state index contributed by atoms with van der Waals surface area (Å²) < 4.78 is 1.81. The number of aliphatic hydroxyl groups is 1. The summed E-state index contributed by atoms with van der Waals surface area (Å²) in [4.78, 5) is 5.22. The highest BCUT2D eigenvalue weighted by Gasteiger charge is 2.10. The lowest BCUT2D eigenvalue weighted by atomic mass is 10.3. The second-order valence-electron chi connectivity index (χ2n) is 3.83. The number of anilines is 1. The largest absolute Gasteiger partial charge is 0.394 e. The van der Waals surface area contributed by atoms with Crippen LogP contribution in [-0.4, -0.2) is 26.5 Å². The topological polar surface area (TPSA) is 63.0 Å². The molecular weight excluding hydrogens is 236 g/mol. The fourth-order valence-corrected chi connectivity index (χ4v) is 2.19.